The van der Waals surface area contributed by atoms with Crippen molar-refractivity contribution in [3.05, 3.63) is 34.9 Å². The molecule has 1 heterocycles. The standard InChI is InChI=1S/C15H19NO2/c1-3-10-5-6-12(9-11(10)4-2)13-7-8-14(17)16-15(13)18/h5-6,9,13H,3-4,7-8H2,1-2H3,(H,16,17,18). The number of hydrogen-bond acceptors (Lipinski definition) is 2. The number of nitrogens with one attached hydrogen (secondary N) is 1. The molecule has 1 aliphatic rings. The van der Waals surface area contributed by atoms with Crippen LogP contribution in [0.2, 0.25) is 0 Å². The molecule has 3 nitrogen and oxygen atoms in total. The van der Waals surface area contributed by atoms with Crippen molar-refractivity contribution in [2.75, 3.05) is 0 Å². The number of carbonyl (C=O) groups is 2. The molecule has 1 aromatic rings. The minimum atomic E-state index is -0.168. The predicted octanol–water partition coefficient (Wildman–Crippen LogP) is 2.33. The summed E-state index contributed by atoms with van der Waals surface area (Å²) in [6.45, 7) is 4.27. The van der Waals surface area contributed by atoms with E-state index in [2.05, 4.69) is 31.3 Å². The van der Waals surface area contributed by atoms with E-state index in [9.17, 15) is 9.59 Å². The van der Waals surface area contributed by atoms with Crippen molar-refractivity contribution < 1.29 is 9.59 Å². The maximum atomic E-state index is 11.8. The second kappa shape index (κ2) is 5.34. The highest BCUT2D eigenvalue weighted by atomic mass is 16.2. The Balaban J connectivity index is 2.28. The van der Waals surface area contributed by atoms with Gasteiger partial charge in [0.2, 0.25) is 11.8 Å². The molecule has 2 rings (SSSR count). The van der Waals surface area contributed by atoms with Gasteiger partial charge in [-0.3, -0.25) is 14.9 Å². The van der Waals surface area contributed by atoms with E-state index in [1.807, 2.05) is 6.07 Å². The van der Waals surface area contributed by atoms with E-state index < -0.39 is 0 Å². The maximum absolute atomic E-state index is 11.8. The molecule has 1 saturated heterocycles. The van der Waals surface area contributed by atoms with E-state index in [0.29, 0.717) is 12.8 Å². The SMILES string of the molecule is CCc1ccc(C2CCC(=O)NC2=O)cc1CC. The molecule has 0 aliphatic carbocycles. The first kappa shape index (κ1) is 12.8. The molecule has 1 aromatic carbocycles. The fourth-order valence-corrected chi connectivity index (χ4v) is 2.55. The summed E-state index contributed by atoms with van der Waals surface area (Å²) in [6.07, 6.45) is 3.05. The zero-order valence-corrected chi connectivity index (χ0v) is 11.0. The van der Waals surface area contributed by atoms with Crippen LogP contribution in [-0.4, -0.2) is 11.8 Å². The molecule has 1 unspecified atom stereocenters. The third-order valence-electron chi connectivity index (χ3n) is 3.63. The van der Waals surface area contributed by atoms with Crippen molar-refractivity contribution in [2.45, 2.75) is 45.4 Å². The monoisotopic (exact) mass is 245 g/mol. The molecule has 0 spiro atoms. The van der Waals surface area contributed by atoms with Gasteiger partial charge in [-0.15, -0.1) is 0 Å². The van der Waals surface area contributed by atoms with Crippen molar-refractivity contribution in [1.82, 2.24) is 5.32 Å². The summed E-state index contributed by atoms with van der Waals surface area (Å²) in [4.78, 5) is 23.0. The van der Waals surface area contributed by atoms with Crippen LogP contribution < -0.4 is 5.32 Å². The first-order valence-corrected chi connectivity index (χ1v) is 6.61. The van der Waals surface area contributed by atoms with Crippen LogP contribution in [0.25, 0.3) is 0 Å². The van der Waals surface area contributed by atoms with Crippen LogP contribution in [0.5, 0.6) is 0 Å². The van der Waals surface area contributed by atoms with Crippen molar-refractivity contribution in [3.8, 4) is 0 Å². The fraction of sp³-hybridized carbons (Fsp3) is 0.467. The summed E-state index contributed by atoms with van der Waals surface area (Å²) in [6, 6.07) is 6.26. The molecule has 0 saturated carbocycles. The third-order valence-corrected chi connectivity index (χ3v) is 3.63. The van der Waals surface area contributed by atoms with Gasteiger partial charge in [0.15, 0.2) is 0 Å². The van der Waals surface area contributed by atoms with Gasteiger partial charge in [-0.25, -0.2) is 0 Å². The van der Waals surface area contributed by atoms with Gasteiger partial charge in [-0.2, -0.15) is 0 Å². The summed E-state index contributed by atoms with van der Waals surface area (Å²) >= 11 is 0. The highest BCUT2D eigenvalue weighted by molar-refractivity contribution is 6.00. The van der Waals surface area contributed by atoms with Crippen LogP contribution >= 0.6 is 0 Å². The second-order valence-corrected chi connectivity index (χ2v) is 4.74. The smallest absolute Gasteiger partial charge is 0.234 e. The van der Waals surface area contributed by atoms with Crippen LogP contribution in [0.15, 0.2) is 18.2 Å². The van der Waals surface area contributed by atoms with Gasteiger partial charge >= 0.3 is 0 Å². The first-order chi connectivity index (χ1) is 8.65. The molecule has 96 valence electrons. The zero-order chi connectivity index (χ0) is 13.1. The number of imide groups is 1. The number of benzene rings is 1. The molecular weight excluding hydrogens is 226 g/mol. The van der Waals surface area contributed by atoms with Crippen molar-refractivity contribution >= 4 is 11.8 Å². The Morgan fingerprint density at radius 2 is 1.89 bits per heavy atom. The summed E-state index contributed by atoms with van der Waals surface area (Å²) in [5.74, 6) is -0.478. The average Bonchev–Trinajstić information content (AvgIpc) is 2.38. The number of aryl methyl sites for hydroxylation is 2. The van der Waals surface area contributed by atoms with E-state index >= 15 is 0 Å². The van der Waals surface area contributed by atoms with Crippen LogP contribution in [-0.2, 0) is 22.4 Å². The van der Waals surface area contributed by atoms with Gasteiger partial charge < -0.3 is 0 Å². The van der Waals surface area contributed by atoms with Crippen LogP contribution in [0.4, 0.5) is 0 Å². The van der Waals surface area contributed by atoms with E-state index in [1.54, 1.807) is 0 Å². The quantitative estimate of drug-likeness (QED) is 0.831. The lowest BCUT2D eigenvalue weighted by Crippen LogP contribution is -2.39. The van der Waals surface area contributed by atoms with E-state index in [-0.39, 0.29) is 17.7 Å². The summed E-state index contributed by atoms with van der Waals surface area (Å²) in [5.41, 5.74) is 3.68. The molecule has 1 aliphatic heterocycles. The molecule has 1 fully saturated rings. The Bertz CT molecular complexity index is 479. The van der Waals surface area contributed by atoms with Crippen molar-refractivity contribution in [3.63, 3.8) is 0 Å². The normalized spacial score (nSPS) is 19.8. The highest BCUT2D eigenvalue weighted by Gasteiger charge is 2.28. The molecule has 0 aromatic heterocycles. The maximum Gasteiger partial charge on any atom is 0.234 e. The van der Waals surface area contributed by atoms with Crippen molar-refractivity contribution in [2.24, 2.45) is 0 Å². The zero-order valence-electron chi connectivity index (χ0n) is 11.0. The first-order valence-electron chi connectivity index (χ1n) is 6.61. The van der Waals surface area contributed by atoms with Crippen LogP contribution in [0.3, 0.4) is 0 Å². The number of piperidine rings is 1. The van der Waals surface area contributed by atoms with E-state index in [1.165, 1.54) is 11.1 Å². The Hall–Kier alpha value is -1.64. The molecule has 1 N–H and O–H groups in total. The third kappa shape index (κ3) is 2.45. The second-order valence-electron chi connectivity index (χ2n) is 4.74. The molecule has 1 atom stereocenters. The number of carbonyl (C=O) groups excluding carboxylic acids is 2. The number of hydrogen-bond donors (Lipinski definition) is 1. The largest absolute Gasteiger partial charge is 0.296 e. The van der Waals surface area contributed by atoms with Gasteiger partial charge in [-0.1, -0.05) is 32.0 Å². The Labute approximate surface area is 108 Å². The topological polar surface area (TPSA) is 46.2 Å². The Kier molecular flexibility index (Phi) is 3.80. The summed E-state index contributed by atoms with van der Waals surface area (Å²) < 4.78 is 0. The van der Waals surface area contributed by atoms with Gasteiger partial charge in [-0.05, 0) is 36.0 Å². The lowest BCUT2D eigenvalue weighted by Gasteiger charge is -2.22. The minimum Gasteiger partial charge on any atom is -0.296 e. The number of rotatable bonds is 3. The minimum absolute atomic E-state index is 0.155. The van der Waals surface area contributed by atoms with Gasteiger partial charge in [0, 0.05) is 6.42 Å². The van der Waals surface area contributed by atoms with Crippen LogP contribution in [0, 0.1) is 0 Å². The van der Waals surface area contributed by atoms with Gasteiger partial charge in [0.25, 0.3) is 0 Å². The summed E-state index contributed by atoms with van der Waals surface area (Å²) in [5, 5.41) is 2.42. The fourth-order valence-electron chi connectivity index (χ4n) is 2.55. The Morgan fingerprint density at radius 1 is 1.17 bits per heavy atom. The molecule has 18 heavy (non-hydrogen) atoms. The molecular formula is C15H19NO2. The van der Waals surface area contributed by atoms with Crippen molar-refractivity contribution in [1.29, 1.82) is 0 Å². The van der Waals surface area contributed by atoms with E-state index in [0.717, 1.165) is 18.4 Å². The van der Waals surface area contributed by atoms with Gasteiger partial charge in [0.05, 0.1) is 5.92 Å². The van der Waals surface area contributed by atoms with E-state index in [4.69, 9.17) is 0 Å². The lowest BCUT2D eigenvalue weighted by atomic mass is 9.88. The van der Waals surface area contributed by atoms with Gasteiger partial charge in [0.1, 0.15) is 0 Å². The molecule has 2 amide bonds. The summed E-state index contributed by atoms with van der Waals surface area (Å²) in [7, 11) is 0. The molecule has 3 heteroatoms. The number of amides is 2. The Morgan fingerprint density at radius 3 is 2.50 bits per heavy atom. The molecule has 0 radical (unpaired) electrons. The highest BCUT2D eigenvalue weighted by Crippen LogP contribution is 2.27. The van der Waals surface area contributed by atoms with Crippen LogP contribution in [0.1, 0.15) is 49.3 Å². The average molecular weight is 245 g/mol. The lowest BCUT2D eigenvalue weighted by molar-refractivity contribution is -0.134. The predicted molar refractivity (Wildman–Crippen MR) is 70.3 cm³/mol. The molecule has 0 bridgehead atoms.